The van der Waals surface area contributed by atoms with Crippen molar-refractivity contribution in [1.29, 1.82) is 0 Å². The molecule has 0 aromatic heterocycles. The van der Waals surface area contributed by atoms with E-state index in [2.05, 4.69) is 42.3 Å². The molecule has 1 amide bonds. The molecule has 1 saturated carbocycles. The van der Waals surface area contributed by atoms with Crippen LogP contribution < -0.4 is 5.32 Å². The van der Waals surface area contributed by atoms with Crippen LogP contribution in [0.5, 0.6) is 0 Å². The molecule has 1 N–H and O–H groups in total. The minimum atomic E-state index is 0.301. The Morgan fingerprint density at radius 1 is 1.26 bits per heavy atom. The summed E-state index contributed by atoms with van der Waals surface area (Å²) in [5.41, 5.74) is 4.42. The van der Waals surface area contributed by atoms with Crippen molar-refractivity contribution in [3.05, 3.63) is 34.9 Å². The van der Waals surface area contributed by atoms with E-state index >= 15 is 0 Å². The van der Waals surface area contributed by atoms with Gasteiger partial charge in [0.25, 0.3) is 0 Å². The lowest BCUT2D eigenvalue weighted by molar-refractivity contribution is -0.134. The lowest BCUT2D eigenvalue weighted by atomic mass is 9.91. The molecule has 3 nitrogen and oxygen atoms in total. The summed E-state index contributed by atoms with van der Waals surface area (Å²) in [6.45, 7) is 7.50. The molecule has 3 aliphatic rings. The number of benzene rings is 1. The number of hydrogen-bond acceptors (Lipinski definition) is 2. The molecule has 3 fully saturated rings. The molecule has 4 rings (SSSR count). The Hall–Kier alpha value is -1.35. The van der Waals surface area contributed by atoms with Gasteiger partial charge in [0.05, 0.1) is 6.04 Å². The van der Waals surface area contributed by atoms with Crippen LogP contribution in [0.15, 0.2) is 18.2 Å². The quantitative estimate of drug-likeness (QED) is 0.908. The number of likely N-dealkylation sites (tertiary alicyclic amines) is 1. The third-order valence-corrected chi connectivity index (χ3v) is 6.63. The van der Waals surface area contributed by atoms with Crippen molar-refractivity contribution in [3.63, 3.8) is 0 Å². The van der Waals surface area contributed by atoms with Crippen LogP contribution in [0.1, 0.15) is 54.8 Å². The number of amides is 1. The second-order valence-electron chi connectivity index (χ2n) is 7.85. The summed E-state index contributed by atoms with van der Waals surface area (Å²) in [4.78, 5) is 15.4. The van der Waals surface area contributed by atoms with Gasteiger partial charge in [-0.2, -0.15) is 0 Å². The molecule has 2 saturated heterocycles. The topological polar surface area (TPSA) is 32.3 Å². The Kier molecular flexibility index (Phi) is 3.72. The second kappa shape index (κ2) is 5.62. The monoisotopic (exact) mass is 312 g/mol. The third kappa shape index (κ3) is 2.50. The van der Waals surface area contributed by atoms with E-state index in [0.29, 0.717) is 23.3 Å². The second-order valence-corrected chi connectivity index (χ2v) is 7.85. The number of aryl methyl sites for hydroxylation is 1. The molecular formula is C20H28N2O. The normalized spacial score (nSPS) is 29.0. The molecule has 124 valence electrons. The zero-order valence-electron chi connectivity index (χ0n) is 14.4. The van der Waals surface area contributed by atoms with E-state index in [9.17, 15) is 4.79 Å². The van der Waals surface area contributed by atoms with Crippen molar-refractivity contribution in [2.75, 3.05) is 19.6 Å². The average Bonchev–Trinajstić information content (AvgIpc) is 3.03. The van der Waals surface area contributed by atoms with Gasteiger partial charge < -0.3 is 10.2 Å². The van der Waals surface area contributed by atoms with Crippen molar-refractivity contribution < 1.29 is 4.79 Å². The lowest BCUT2D eigenvalue weighted by Gasteiger charge is -2.29. The Morgan fingerprint density at radius 2 is 2.04 bits per heavy atom. The number of rotatable bonds is 2. The highest BCUT2D eigenvalue weighted by Crippen LogP contribution is 2.60. The Balaban J connectivity index is 1.54. The van der Waals surface area contributed by atoms with E-state index in [1.807, 2.05) is 0 Å². The lowest BCUT2D eigenvalue weighted by Crippen LogP contribution is -2.36. The van der Waals surface area contributed by atoms with Gasteiger partial charge in [-0.25, -0.2) is 0 Å². The molecule has 2 heterocycles. The van der Waals surface area contributed by atoms with Gasteiger partial charge in [0.1, 0.15) is 0 Å². The van der Waals surface area contributed by atoms with Crippen LogP contribution in [0.25, 0.3) is 0 Å². The Morgan fingerprint density at radius 3 is 2.83 bits per heavy atom. The zero-order valence-corrected chi connectivity index (χ0v) is 14.4. The molecule has 0 bridgehead atoms. The Labute approximate surface area is 139 Å². The highest BCUT2D eigenvalue weighted by atomic mass is 16.2. The van der Waals surface area contributed by atoms with E-state index in [4.69, 9.17) is 0 Å². The molecule has 1 aromatic carbocycles. The van der Waals surface area contributed by atoms with Gasteiger partial charge in [-0.1, -0.05) is 18.2 Å². The van der Waals surface area contributed by atoms with E-state index in [0.717, 1.165) is 38.9 Å². The van der Waals surface area contributed by atoms with Crippen LogP contribution in [-0.4, -0.2) is 30.4 Å². The van der Waals surface area contributed by atoms with Crippen LogP contribution >= 0.6 is 0 Å². The summed E-state index contributed by atoms with van der Waals surface area (Å²) in [6.07, 6.45) is 5.77. The van der Waals surface area contributed by atoms with Gasteiger partial charge in [0, 0.05) is 12.5 Å². The van der Waals surface area contributed by atoms with Crippen molar-refractivity contribution in [2.24, 2.45) is 11.3 Å². The van der Waals surface area contributed by atoms with Crippen LogP contribution in [0.3, 0.4) is 0 Å². The first-order valence-corrected chi connectivity index (χ1v) is 9.20. The minimum Gasteiger partial charge on any atom is -0.335 e. The highest BCUT2D eigenvalue weighted by Gasteiger charge is 2.59. The molecule has 2 atom stereocenters. The molecule has 3 heteroatoms. The van der Waals surface area contributed by atoms with Crippen molar-refractivity contribution in [3.8, 4) is 0 Å². The van der Waals surface area contributed by atoms with Gasteiger partial charge in [-0.15, -0.1) is 0 Å². The molecule has 0 radical (unpaired) electrons. The van der Waals surface area contributed by atoms with Crippen molar-refractivity contribution in [1.82, 2.24) is 10.2 Å². The van der Waals surface area contributed by atoms with E-state index < -0.39 is 0 Å². The van der Waals surface area contributed by atoms with Crippen LogP contribution in [-0.2, 0) is 4.79 Å². The van der Waals surface area contributed by atoms with Crippen LogP contribution in [0.2, 0.25) is 0 Å². The maximum absolute atomic E-state index is 13.2. The third-order valence-electron chi connectivity index (χ3n) is 6.63. The van der Waals surface area contributed by atoms with Crippen LogP contribution in [0, 0.1) is 25.2 Å². The summed E-state index contributed by atoms with van der Waals surface area (Å²) < 4.78 is 0. The molecule has 23 heavy (non-hydrogen) atoms. The fourth-order valence-electron chi connectivity index (χ4n) is 4.86. The fourth-order valence-corrected chi connectivity index (χ4v) is 4.86. The smallest absolute Gasteiger partial charge is 0.226 e. The van der Waals surface area contributed by atoms with Crippen LogP contribution in [0.4, 0.5) is 0 Å². The van der Waals surface area contributed by atoms with Gasteiger partial charge in [0.15, 0.2) is 0 Å². The minimum absolute atomic E-state index is 0.301. The summed E-state index contributed by atoms with van der Waals surface area (Å²) in [6, 6.07) is 6.85. The number of nitrogens with one attached hydrogen (secondary N) is 1. The van der Waals surface area contributed by atoms with Gasteiger partial charge >= 0.3 is 0 Å². The number of hydrogen-bond donors (Lipinski definition) is 1. The van der Waals surface area contributed by atoms with Gasteiger partial charge in [0.2, 0.25) is 5.91 Å². The SMILES string of the molecule is Cc1cccc(C2CCCN2C(=O)C2CC23CCNCC3)c1C. The van der Waals surface area contributed by atoms with E-state index in [1.165, 1.54) is 29.5 Å². The first-order valence-electron chi connectivity index (χ1n) is 9.20. The largest absolute Gasteiger partial charge is 0.335 e. The molecule has 1 aromatic rings. The first kappa shape index (κ1) is 15.2. The molecule has 2 aliphatic heterocycles. The number of piperidine rings is 1. The molecule has 2 unspecified atom stereocenters. The fraction of sp³-hybridized carbons (Fsp3) is 0.650. The molecular weight excluding hydrogens is 284 g/mol. The van der Waals surface area contributed by atoms with Crippen molar-refractivity contribution in [2.45, 2.75) is 52.0 Å². The first-order chi connectivity index (χ1) is 11.1. The average molecular weight is 312 g/mol. The maximum Gasteiger partial charge on any atom is 0.226 e. The van der Waals surface area contributed by atoms with Crippen molar-refractivity contribution >= 4 is 5.91 Å². The zero-order chi connectivity index (χ0) is 16.0. The van der Waals surface area contributed by atoms with E-state index in [1.54, 1.807) is 0 Å². The molecule has 1 spiro atoms. The summed E-state index contributed by atoms with van der Waals surface area (Å²) in [7, 11) is 0. The summed E-state index contributed by atoms with van der Waals surface area (Å²) >= 11 is 0. The molecule has 1 aliphatic carbocycles. The maximum atomic E-state index is 13.2. The van der Waals surface area contributed by atoms with Gasteiger partial charge in [-0.05, 0) is 81.1 Å². The number of carbonyl (C=O) groups is 1. The highest BCUT2D eigenvalue weighted by molar-refractivity contribution is 5.83. The predicted molar refractivity (Wildman–Crippen MR) is 92.2 cm³/mol. The Bertz CT molecular complexity index is 618. The summed E-state index contributed by atoms with van der Waals surface area (Å²) in [5, 5.41) is 3.43. The van der Waals surface area contributed by atoms with E-state index in [-0.39, 0.29) is 0 Å². The number of nitrogens with zero attached hydrogens (tertiary/aromatic N) is 1. The number of carbonyl (C=O) groups excluding carboxylic acids is 1. The summed E-state index contributed by atoms with van der Waals surface area (Å²) in [5.74, 6) is 0.741. The van der Waals surface area contributed by atoms with Gasteiger partial charge in [-0.3, -0.25) is 4.79 Å². The standard InChI is InChI=1S/C20H28N2O/c1-14-5-3-6-16(15(14)2)18-7-4-12-22(18)19(23)17-13-20(17)8-10-21-11-9-20/h3,5-6,17-18,21H,4,7-13H2,1-2H3. The predicted octanol–water partition coefficient (Wildman–Crippen LogP) is 3.36.